The second kappa shape index (κ2) is 8.19. The van der Waals surface area contributed by atoms with Crippen LogP contribution in [0.5, 0.6) is 5.75 Å². The van der Waals surface area contributed by atoms with Crippen molar-refractivity contribution in [3.8, 4) is 17.1 Å². The second-order valence-electron chi connectivity index (χ2n) is 8.05. The number of carbonyl (C=O) groups is 1. The van der Waals surface area contributed by atoms with E-state index in [0.717, 1.165) is 29.4 Å². The Morgan fingerprint density at radius 3 is 2.85 bits per heavy atom. The molecule has 0 saturated heterocycles. The summed E-state index contributed by atoms with van der Waals surface area (Å²) in [7, 11) is 3.22. The van der Waals surface area contributed by atoms with Gasteiger partial charge in [-0.15, -0.1) is 0 Å². The van der Waals surface area contributed by atoms with Crippen molar-refractivity contribution in [3.05, 3.63) is 48.0 Å². The SMILES string of the molecule is CCN1c2ncc(-c3nc4cc(C(=O)OC)cnc4n3Cc3ccn(C)n3)cc2OC[C@H]1C. The van der Waals surface area contributed by atoms with Crippen molar-refractivity contribution < 1.29 is 14.3 Å². The molecule has 170 valence electrons. The number of rotatable bonds is 5. The van der Waals surface area contributed by atoms with Gasteiger partial charge in [0.2, 0.25) is 0 Å². The van der Waals surface area contributed by atoms with Gasteiger partial charge in [0.1, 0.15) is 17.9 Å². The number of carbonyl (C=O) groups excluding carboxylic acids is 1. The summed E-state index contributed by atoms with van der Waals surface area (Å²) in [6.07, 6.45) is 5.20. The van der Waals surface area contributed by atoms with Crippen LogP contribution < -0.4 is 9.64 Å². The predicted molar refractivity (Wildman–Crippen MR) is 122 cm³/mol. The van der Waals surface area contributed by atoms with Gasteiger partial charge in [-0.2, -0.15) is 5.10 Å². The first-order chi connectivity index (χ1) is 16.0. The number of aromatic nitrogens is 6. The fourth-order valence-corrected chi connectivity index (χ4v) is 4.17. The molecular weight excluding hydrogens is 422 g/mol. The van der Waals surface area contributed by atoms with E-state index in [1.807, 2.05) is 29.9 Å². The molecule has 0 unspecified atom stereocenters. The van der Waals surface area contributed by atoms with Gasteiger partial charge in [0.15, 0.2) is 17.2 Å². The Morgan fingerprint density at radius 2 is 2.12 bits per heavy atom. The average molecular weight is 447 g/mol. The summed E-state index contributed by atoms with van der Waals surface area (Å²) in [4.78, 5) is 28.3. The summed E-state index contributed by atoms with van der Waals surface area (Å²) < 4.78 is 14.6. The second-order valence-corrected chi connectivity index (χ2v) is 8.05. The molecule has 5 rings (SSSR count). The van der Waals surface area contributed by atoms with Crippen LogP contribution in [0, 0.1) is 0 Å². The minimum absolute atomic E-state index is 0.260. The Hall–Kier alpha value is -3.95. The zero-order valence-corrected chi connectivity index (χ0v) is 19.0. The summed E-state index contributed by atoms with van der Waals surface area (Å²) in [5, 5.41) is 4.50. The number of aryl methyl sites for hydroxylation is 1. The lowest BCUT2D eigenvalue weighted by Gasteiger charge is -2.34. The van der Waals surface area contributed by atoms with E-state index < -0.39 is 5.97 Å². The molecule has 0 amide bonds. The van der Waals surface area contributed by atoms with E-state index in [1.54, 1.807) is 16.9 Å². The van der Waals surface area contributed by atoms with Gasteiger partial charge >= 0.3 is 5.97 Å². The number of pyridine rings is 2. The highest BCUT2D eigenvalue weighted by molar-refractivity contribution is 5.92. The number of hydrogen-bond donors (Lipinski definition) is 0. The maximum Gasteiger partial charge on any atom is 0.339 e. The highest BCUT2D eigenvalue weighted by atomic mass is 16.5. The van der Waals surface area contributed by atoms with Gasteiger partial charge in [0, 0.05) is 37.7 Å². The molecule has 10 heteroatoms. The number of ether oxygens (including phenoxy) is 2. The third kappa shape index (κ3) is 3.67. The molecule has 0 saturated carbocycles. The van der Waals surface area contributed by atoms with Crippen LogP contribution in [-0.2, 0) is 18.3 Å². The van der Waals surface area contributed by atoms with E-state index in [4.69, 9.17) is 19.4 Å². The summed E-state index contributed by atoms with van der Waals surface area (Å²) in [5.41, 5.74) is 3.24. The Labute approximate surface area is 190 Å². The number of fused-ring (bicyclic) bond motifs is 2. The first kappa shape index (κ1) is 20.9. The van der Waals surface area contributed by atoms with Gasteiger partial charge < -0.3 is 18.9 Å². The topological polar surface area (TPSA) is 100 Å². The molecule has 10 nitrogen and oxygen atoms in total. The van der Waals surface area contributed by atoms with Crippen LogP contribution in [-0.4, -0.2) is 61.6 Å². The van der Waals surface area contributed by atoms with Crippen LogP contribution >= 0.6 is 0 Å². The van der Waals surface area contributed by atoms with Crippen molar-refractivity contribution in [1.82, 2.24) is 29.3 Å². The Kier molecular flexibility index (Phi) is 5.20. The Balaban J connectivity index is 1.64. The van der Waals surface area contributed by atoms with Crippen LogP contribution in [0.25, 0.3) is 22.6 Å². The van der Waals surface area contributed by atoms with Gasteiger partial charge in [-0.05, 0) is 32.0 Å². The number of hydrogen-bond acceptors (Lipinski definition) is 8. The molecule has 0 N–H and O–H groups in total. The molecule has 0 fully saturated rings. The van der Waals surface area contributed by atoms with Crippen LogP contribution in [0.2, 0.25) is 0 Å². The molecule has 4 aromatic rings. The standard InChI is InChI=1S/C23H25N7O3/c1-5-29-14(2)13-33-19-9-15(10-25-22(19)29)20-26-18-8-16(23(31)32-4)11-24-21(18)30(20)12-17-6-7-28(3)27-17/h6-11,14H,5,12-13H2,1-4H3/t14-/m1/s1. The number of anilines is 1. The minimum Gasteiger partial charge on any atom is -0.488 e. The van der Waals surface area contributed by atoms with Crippen molar-refractivity contribution in [2.75, 3.05) is 25.2 Å². The highest BCUT2D eigenvalue weighted by Crippen LogP contribution is 2.35. The fourth-order valence-electron chi connectivity index (χ4n) is 4.17. The first-order valence-electron chi connectivity index (χ1n) is 10.8. The van der Waals surface area contributed by atoms with E-state index in [2.05, 4.69) is 28.8 Å². The molecule has 1 aliphatic rings. The van der Waals surface area contributed by atoms with Crippen LogP contribution in [0.4, 0.5) is 5.82 Å². The monoisotopic (exact) mass is 447 g/mol. The minimum atomic E-state index is -0.456. The van der Waals surface area contributed by atoms with Gasteiger partial charge in [0.25, 0.3) is 0 Å². The number of imidazole rings is 1. The summed E-state index contributed by atoms with van der Waals surface area (Å²) in [6.45, 7) is 6.15. The van der Waals surface area contributed by atoms with Crippen molar-refractivity contribution >= 4 is 23.0 Å². The molecule has 4 aromatic heterocycles. The van der Waals surface area contributed by atoms with Gasteiger partial charge in [-0.25, -0.2) is 19.7 Å². The molecule has 5 heterocycles. The van der Waals surface area contributed by atoms with Crippen LogP contribution in [0.15, 0.2) is 36.8 Å². The van der Waals surface area contributed by atoms with E-state index in [9.17, 15) is 4.79 Å². The molecule has 0 aliphatic carbocycles. The molecule has 1 aliphatic heterocycles. The smallest absolute Gasteiger partial charge is 0.339 e. The van der Waals surface area contributed by atoms with E-state index >= 15 is 0 Å². The number of methoxy groups -OCH3 is 1. The van der Waals surface area contributed by atoms with Gasteiger partial charge in [-0.1, -0.05) is 0 Å². The van der Waals surface area contributed by atoms with Gasteiger partial charge in [-0.3, -0.25) is 4.68 Å². The van der Waals surface area contributed by atoms with Crippen molar-refractivity contribution in [1.29, 1.82) is 0 Å². The predicted octanol–water partition coefficient (Wildman–Crippen LogP) is 2.67. The lowest BCUT2D eigenvalue weighted by molar-refractivity contribution is 0.0600. The molecule has 33 heavy (non-hydrogen) atoms. The maximum absolute atomic E-state index is 12.0. The van der Waals surface area contributed by atoms with Crippen molar-refractivity contribution in [2.24, 2.45) is 7.05 Å². The molecule has 0 aromatic carbocycles. The lowest BCUT2D eigenvalue weighted by Crippen LogP contribution is -2.41. The van der Waals surface area contributed by atoms with Crippen molar-refractivity contribution in [3.63, 3.8) is 0 Å². The van der Waals surface area contributed by atoms with Crippen molar-refractivity contribution in [2.45, 2.75) is 26.4 Å². The summed E-state index contributed by atoms with van der Waals surface area (Å²) in [6, 6.07) is 5.87. The number of esters is 1. The lowest BCUT2D eigenvalue weighted by atomic mass is 10.2. The normalized spacial score (nSPS) is 15.4. The fraction of sp³-hybridized carbons (Fsp3) is 0.348. The molecule has 1 atom stereocenters. The largest absolute Gasteiger partial charge is 0.488 e. The quantitative estimate of drug-likeness (QED) is 0.431. The van der Waals surface area contributed by atoms with E-state index in [1.165, 1.54) is 13.3 Å². The summed E-state index contributed by atoms with van der Waals surface area (Å²) in [5.74, 6) is 1.78. The van der Waals surface area contributed by atoms with Gasteiger partial charge in [0.05, 0.1) is 31.0 Å². The molecule has 0 bridgehead atoms. The van der Waals surface area contributed by atoms with Crippen LogP contribution in [0.3, 0.4) is 0 Å². The number of nitrogens with zero attached hydrogens (tertiary/aromatic N) is 7. The Morgan fingerprint density at radius 1 is 1.27 bits per heavy atom. The zero-order valence-electron chi connectivity index (χ0n) is 19.0. The van der Waals surface area contributed by atoms with Crippen LogP contribution in [0.1, 0.15) is 29.9 Å². The van der Waals surface area contributed by atoms with E-state index in [0.29, 0.717) is 35.7 Å². The molecule has 0 spiro atoms. The highest BCUT2D eigenvalue weighted by Gasteiger charge is 2.26. The third-order valence-electron chi connectivity index (χ3n) is 5.81. The molecular formula is C23H25N7O3. The third-order valence-corrected chi connectivity index (χ3v) is 5.81. The maximum atomic E-state index is 12.0. The number of likely N-dealkylation sites (N-methyl/N-ethyl adjacent to an activating group) is 1. The Bertz CT molecular complexity index is 1340. The summed E-state index contributed by atoms with van der Waals surface area (Å²) >= 11 is 0. The molecule has 0 radical (unpaired) electrons. The van der Waals surface area contributed by atoms with E-state index in [-0.39, 0.29) is 6.04 Å². The average Bonchev–Trinajstić information content (AvgIpc) is 3.41. The first-order valence-corrected chi connectivity index (χ1v) is 10.8. The zero-order chi connectivity index (χ0) is 23.1.